The zero-order valence-corrected chi connectivity index (χ0v) is 7.23. The van der Waals surface area contributed by atoms with Gasteiger partial charge in [-0.3, -0.25) is 0 Å². The molecule has 1 fully saturated rings. The Balaban J connectivity index is 2.01. The van der Waals surface area contributed by atoms with E-state index in [9.17, 15) is 0 Å². The Bertz CT molecular complexity index is 123. The minimum atomic E-state index is 0.872. The van der Waals surface area contributed by atoms with Crippen LogP contribution in [0.3, 0.4) is 0 Å². The van der Waals surface area contributed by atoms with E-state index in [0.717, 1.165) is 12.3 Å². The highest BCUT2D eigenvalue weighted by Crippen LogP contribution is 2.27. The van der Waals surface area contributed by atoms with Gasteiger partial charge < -0.3 is 0 Å². The molecule has 0 atom stereocenters. The van der Waals surface area contributed by atoms with Gasteiger partial charge in [-0.15, -0.1) is 0 Å². The molecule has 0 saturated heterocycles. The van der Waals surface area contributed by atoms with Gasteiger partial charge in [0.05, 0.1) is 0 Å². The molecule has 0 amide bonds. The molecule has 0 unspecified atom stereocenters. The van der Waals surface area contributed by atoms with Crippen molar-refractivity contribution in [2.24, 2.45) is 5.92 Å². The maximum atomic E-state index is 6.77. The van der Waals surface area contributed by atoms with Gasteiger partial charge in [0, 0.05) is 6.42 Å². The van der Waals surface area contributed by atoms with E-state index >= 15 is 0 Å². The molecule has 0 heteroatoms. The molecule has 1 rings (SSSR count). The zero-order valence-electron chi connectivity index (χ0n) is 7.23. The van der Waals surface area contributed by atoms with Gasteiger partial charge in [-0.1, -0.05) is 38.0 Å². The van der Waals surface area contributed by atoms with Crippen LogP contribution in [0.15, 0.2) is 0 Å². The van der Waals surface area contributed by atoms with Crippen molar-refractivity contribution >= 4 is 0 Å². The summed E-state index contributed by atoms with van der Waals surface area (Å²) in [5.41, 5.74) is 0. The van der Waals surface area contributed by atoms with Crippen LogP contribution in [0.1, 0.15) is 51.4 Å². The molecule has 0 aromatic carbocycles. The van der Waals surface area contributed by atoms with E-state index in [0.29, 0.717) is 0 Å². The molecule has 11 heavy (non-hydrogen) atoms. The second-order valence-corrected chi connectivity index (χ2v) is 3.57. The molecular weight excluding hydrogens is 132 g/mol. The highest BCUT2D eigenvalue weighted by molar-refractivity contribution is 4.76. The molecule has 1 saturated carbocycles. The van der Waals surface area contributed by atoms with Crippen LogP contribution in [0, 0.1) is 18.3 Å². The van der Waals surface area contributed by atoms with Gasteiger partial charge in [0.15, 0.2) is 0 Å². The molecule has 0 N–H and O–H groups in total. The molecule has 1 aliphatic carbocycles. The summed E-state index contributed by atoms with van der Waals surface area (Å²) in [6, 6.07) is 0. The number of unbranched alkanes of at least 4 members (excludes halogenated alkanes) is 1. The van der Waals surface area contributed by atoms with Gasteiger partial charge in [-0.2, -0.15) is 0 Å². The lowest BCUT2D eigenvalue weighted by Gasteiger charge is -2.20. The van der Waals surface area contributed by atoms with E-state index in [1.54, 1.807) is 0 Å². The first-order chi connectivity index (χ1) is 5.43. The Morgan fingerprint density at radius 2 is 1.91 bits per heavy atom. The standard InChI is InChI=1S/C11H17/c1-2-3-5-8-11-9-6-4-7-10-11/h11H,3-10H2. The first kappa shape index (κ1) is 8.65. The maximum Gasteiger partial charge on any atom is 0.00990 e. The Kier molecular flexibility index (Phi) is 4.12. The van der Waals surface area contributed by atoms with Crippen LogP contribution >= 0.6 is 0 Å². The summed E-state index contributed by atoms with van der Waals surface area (Å²) in [5.74, 6) is 3.44. The summed E-state index contributed by atoms with van der Waals surface area (Å²) in [4.78, 5) is 0. The number of hydrogen-bond donors (Lipinski definition) is 0. The lowest BCUT2D eigenvalue weighted by molar-refractivity contribution is 0.334. The molecule has 0 bridgehead atoms. The molecule has 0 aromatic rings. The summed E-state index contributed by atoms with van der Waals surface area (Å²) in [6.45, 7) is 0. The largest absolute Gasteiger partial charge is 0.0891 e. The molecule has 1 radical (unpaired) electrons. The van der Waals surface area contributed by atoms with Crippen molar-refractivity contribution in [1.29, 1.82) is 0 Å². The van der Waals surface area contributed by atoms with Gasteiger partial charge in [0.25, 0.3) is 0 Å². The predicted octanol–water partition coefficient (Wildman–Crippen LogP) is 3.33. The monoisotopic (exact) mass is 149 g/mol. The van der Waals surface area contributed by atoms with Crippen LogP contribution in [0.25, 0.3) is 0 Å². The summed E-state index contributed by atoms with van der Waals surface area (Å²) >= 11 is 0. The second kappa shape index (κ2) is 5.24. The van der Waals surface area contributed by atoms with Crippen LogP contribution < -0.4 is 0 Å². The Hall–Kier alpha value is -0.440. The summed E-state index contributed by atoms with van der Waals surface area (Å²) < 4.78 is 0. The fraction of sp³-hybridized carbons (Fsp3) is 0.818. The van der Waals surface area contributed by atoms with Gasteiger partial charge in [-0.25, -0.2) is 0 Å². The van der Waals surface area contributed by atoms with Crippen molar-refractivity contribution in [1.82, 2.24) is 0 Å². The van der Waals surface area contributed by atoms with Crippen LogP contribution in [0.2, 0.25) is 0 Å². The third kappa shape index (κ3) is 3.46. The maximum absolute atomic E-state index is 6.77. The average Bonchev–Trinajstić information content (AvgIpc) is 2.07. The second-order valence-electron chi connectivity index (χ2n) is 3.57. The molecule has 0 heterocycles. The van der Waals surface area contributed by atoms with E-state index in [1.165, 1.54) is 44.9 Å². The fourth-order valence-electron chi connectivity index (χ4n) is 1.95. The lowest BCUT2D eigenvalue weighted by Crippen LogP contribution is -2.05. The fourth-order valence-corrected chi connectivity index (χ4v) is 1.95. The highest BCUT2D eigenvalue weighted by atomic mass is 14.2. The van der Waals surface area contributed by atoms with Crippen molar-refractivity contribution in [3.63, 3.8) is 0 Å². The number of hydrogen-bond acceptors (Lipinski definition) is 0. The van der Waals surface area contributed by atoms with E-state index in [-0.39, 0.29) is 0 Å². The smallest absolute Gasteiger partial charge is 0.00990 e. The normalized spacial score (nSPS) is 19.5. The summed E-state index contributed by atoms with van der Waals surface area (Å²) in [7, 11) is 0. The molecule has 0 aromatic heterocycles. The lowest BCUT2D eigenvalue weighted by atomic mass is 9.86. The van der Waals surface area contributed by atoms with E-state index < -0.39 is 0 Å². The minimum Gasteiger partial charge on any atom is -0.0891 e. The third-order valence-corrected chi connectivity index (χ3v) is 2.64. The molecule has 0 aliphatic heterocycles. The van der Waals surface area contributed by atoms with Gasteiger partial charge in [0.2, 0.25) is 0 Å². The Morgan fingerprint density at radius 1 is 1.18 bits per heavy atom. The van der Waals surface area contributed by atoms with Crippen molar-refractivity contribution in [3.05, 3.63) is 6.42 Å². The highest BCUT2D eigenvalue weighted by Gasteiger charge is 2.11. The first-order valence-corrected chi connectivity index (χ1v) is 4.83. The summed E-state index contributed by atoms with van der Waals surface area (Å²) in [5, 5.41) is 0. The van der Waals surface area contributed by atoms with Crippen molar-refractivity contribution < 1.29 is 0 Å². The minimum absolute atomic E-state index is 0.872. The molecule has 0 spiro atoms. The van der Waals surface area contributed by atoms with E-state index in [2.05, 4.69) is 5.92 Å². The first-order valence-electron chi connectivity index (χ1n) is 4.83. The van der Waals surface area contributed by atoms with Crippen LogP contribution in [0.5, 0.6) is 0 Å². The van der Waals surface area contributed by atoms with Crippen LogP contribution in [-0.4, -0.2) is 0 Å². The van der Waals surface area contributed by atoms with E-state index in [4.69, 9.17) is 6.42 Å². The Morgan fingerprint density at radius 3 is 2.55 bits per heavy atom. The van der Waals surface area contributed by atoms with Gasteiger partial charge in [0.1, 0.15) is 0 Å². The van der Waals surface area contributed by atoms with Crippen molar-refractivity contribution in [2.45, 2.75) is 51.4 Å². The quantitative estimate of drug-likeness (QED) is 0.426. The molecule has 0 nitrogen and oxygen atoms in total. The topological polar surface area (TPSA) is 0 Å². The SMILES string of the molecule is [C]#CCCCC1CCCCC1. The molecule has 61 valence electrons. The third-order valence-electron chi connectivity index (χ3n) is 2.64. The Labute approximate surface area is 70.4 Å². The predicted molar refractivity (Wildman–Crippen MR) is 47.6 cm³/mol. The van der Waals surface area contributed by atoms with Gasteiger partial charge in [-0.05, 0) is 25.2 Å². The van der Waals surface area contributed by atoms with Crippen molar-refractivity contribution in [3.8, 4) is 5.92 Å². The summed E-state index contributed by atoms with van der Waals surface area (Å²) in [6.07, 6.45) is 17.4. The molecule has 1 aliphatic rings. The average molecular weight is 149 g/mol. The zero-order chi connectivity index (χ0) is 7.94. The number of rotatable bonds is 3. The van der Waals surface area contributed by atoms with Gasteiger partial charge >= 0.3 is 0 Å². The van der Waals surface area contributed by atoms with E-state index in [1.807, 2.05) is 0 Å². The van der Waals surface area contributed by atoms with Crippen LogP contribution in [0.4, 0.5) is 0 Å². The van der Waals surface area contributed by atoms with Crippen molar-refractivity contribution in [2.75, 3.05) is 0 Å². The van der Waals surface area contributed by atoms with Crippen LogP contribution in [-0.2, 0) is 0 Å². The molecular formula is C11H17.